The Bertz CT molecular complexity index is 1210. The van der Waals surface area contributed by atoms with Gasteiger partial charge in [-0.1, -0.05) is 18.2 Å². The van der Waals surface area contributed by atoms with Gasteiger partial charge < -0.3 is 15.1 Å². The van der Waals surface area contributed by atoms with Crippen molar-refractivity contribution in [2.24, 2.45) is 4.99 Å². The van der Waals surface area contributed by atoms with Crippen LogP contribution in [0.1, 0.15) is 41.4 Å². The number of nitriles is 1. The number of rotatable bonds is 6. The number of nitrogens with one attached hydrogen (secondary N) is 2. The third kappa shape index (κ3) is 4.51. The number of amidine groups is 1. The molecule has 2 N–H and O–H groups in total. The molecule has 0 aliphatic carbocycles. The SMILES string of the molecule is N#CC1=NC(CCC=O)c2[nH]c(-c3ccc(Cc4cccc(C(F)(F)F)c4)nc3)nc2N1. The number of hydrogen-bond donors (Lipinski definition) is 2. The number of aliphatic imine (C=N–C) groups is 1. The molecule has 0 amide bonds. The van der Waals surface area contributed by atoms with Crippen LogP contribution >= 0.6 is 0 Å². The van der Waals surface area contributed by atoms with Crippen molar-refractivity contribution in [2.75, 3.05) is 5.32 Å². The maximum Gasteiger partial charge on any atom is 0.416 e. The number of halogens is 3. The average molecular weight is 438 g/mol. The summed E-state index contributed by atoms with van der Waals surface area (Å²) in [4.78, 5) is 27.1. The molecule has 4 rings (SSSR count). The summed E-state index contributed by atoms with van der Waals surface area (Å²) in [5.74, 6) is 1.10. The van der Waals surface area contributed by atoms with E-state index in [9.17, 15) is 23.2 Å². The Morgan fingerprint density at radius 3 is 2.75 bits per heavy atom. The van der Waals surface area contributed by atoms with Gasteiger partial charge in [-0.15, -0.1) is 0 Å². The average Bonchev–Trinajstić information content (AvgIpc) is 3.22. The van der Waals surface area contributed by atoms with Gasteiger partial charge in [-0.25, -0.2) is 9.98 Å². The van der Waals surface area contributed by atoms with Crippen molar-refractivity contribution >= 4 is 17.9 Å². The van der Waals surface area contributed by atoms with Crippen LogP contribution in [0, 0.1) is 11.3 Å². The minimum absolute atomic E-state index is 0.126. The van der Waals surface area contributed by atoms with E-state index in [0.717, 1.165) is 18.4 Å². The summed E-state index contributed by atoms with van der Waals surface area (Å²) in [5.41, 5.74) is 1.78. The van der Waals surface area contributed by atoms with Crippen LogP contribution in [0.4, 0.5) is 19.0 Å². The van der Waals surface area contributed by atoms with Crippen molar-refractivity contribution < 1.29 is 18.0 Å². The lowest BCUT2D eigenvalue weighted by Gasteiger charge is -2.17. The van der Waals surface area contributed by atoms with Crippen LogP contribution in [-0.4, -0.2) is 27.1 Å². The van der Waals surface area contributed by atoms with Gasteiger partial charge in [-0.2, -0.15) is 18.4 Å². The Hall–Kier alpha value is -4.00. The predicted octanol–water partition coefficient (Wildman–Crippen LogP) is 4.45. The number of imidazole rings is 1. The Morgan fingerprint density at radius 1 is 1.22 bits per heavy atom. The summed E-state index contributed by atoms with van der Waals surface area (Å²) >= 11 is 0. The van der Waals surface area contributed by atoms with Crippen LogP contribution in [0.15, 0.2) is 47.6 Å². The number of alkyl halides is 3. The fourth-order valence-corrected chi connectivity index (χ4v) is 3.45. The summed E-state index contributed by atoms with van der Waals surface area (Å²) < 4.78 is 38.7. The molecule has 2 aromatic heterocycles. The Balaban J connectivity index is 1.54. The van der Waals surface area contributed by atoms with E-state index in [4.69, 9.17) is 0 Å². The smallest absolute Gasteiger partial charge is 0.338 e. The first-order valence-electron chi connectivity index (χ1n) is 9.77. The minimum Gasteiger partial charge on any atom is -0.338 e. The van der Waals surface area contributed by atoms with Crippen LogP contribution < -0.4 is 5.32 Å². The molecule has 1 aromatic carbocycles. The topological polar surface area (TPSA) is 107 Å². The molecule has 0 radical (unpaired) electrons. The van der Waals surface area contributed by atoms with Crippen LogP contribution in [0.3, 0.4) is 0 Å². The molecule has 3 heterocycles. The zero-order valence-electron chi connectivity index (χ0n) is 16.6. The largest absolute Gasteiger partial charge is 0.416 e. The van der Waals surface area contributed by atoms with E-state index in [2.05, 4.69) is 25.3 Å². The summed E-state index contributed by atoms with van der Waals surface area (Å²) in [6, 6.07) is 10.2. The lowest BCUT2D eigenvalue weighted by atomic mass is 10.1. The lowest BCUT2D eigenvalue weighted by molar-refractivity contribution is -0.137. The summed E-state index contributed by atoms with van der Waals surface area (Å²) in [7, 11) is 0. The van der Waals surface area contributed by atoms with Crippen molar-refractivity contribution in [1.82, 2.24) is 15.0 Å². The number of hydrogen-bond acceptors (Lipinski definition) is 6. The van der Waals surface area contributed by atoms with Gasteiger partial charge in [0.25, 0.3) is 0 Å². The van der Waals surface area contributed by atoms with Gasteiger partial charge in [-0.3, -0.25) is 4.98 Å². The van der Waals surface area contributed by atoms with E-state index in [1.807, 2.05) is 6.07 Å². The Labute approximate surface area is 181 Å². The molecule has 32 heavy (non-hydrogen) atoms. The molecule has 0 saturated heterocycles. The molecule has 1 atom stereocenters. The van der Waals surface area contributed by atoms with Gasteiger partial charge in [0.05, 0.1) is 17.3 Å². The molecule has 162 valence electrons. The van der Waals surface area contributed by atoms with E-state index in [1.54, 1.807) is 24.4 Å². The Kier molecular flexibility index (Phi) is 5.73. The van der Waals surface area contributed by atoms with Crippen molar-refractivity contribution in [1.29, 1.82) is 5.26 Å². The first-order chi connectivity index (χ1) is 15.4. The molecular formula is C22H17F3N6O. The second-order valence-electron chi connectivity index (χ2n) is 7.24. The number of pyridine rings is 1. The minimum atomic E-state index is -4.39. The molecule has 0 saturated carbocycles. The molecule has 3 aromatic rings. The first-order valence-corrected chi connectivity index (χ1v) is 9.77. The first kappa shape index (κ1) is 21.2. The number of aromatic amines is 1. The molecule has 0 fully saturated rings. The van der Waals surface area contributed by atoms with E-state index < -0.39 is 11.7 Å². The normalized spacial score (nSPS) is 15.3. The van der Waals surface area contributed by atoms with Crippen LogP contribution in [-0.2, 0) is 17.4 Å². The van der Waals surface area contributed by atoms with E-state index in [0.29, 0.717) is 47.0 Å². The molecule has 1 unspecified atom stereocenters. The van der Waals surface area contributed by atoms with Gasteiger partial charge in [0.2, 0.25) is 5.84 Å². The molecule has 1 aliphatic rings. The quantitative estimate of drug-likeness (QED) is 0.553. The third-order valence-electron chi connectivity index (χ3n) is 4.99. The number of nitrogens with zero attached hydrogens (tertiary/aromatic N) is 4. The maximum atomic E-state index is 12.9. The highest BCUT2D eigenvalue weighted by molar-refractivity contribution is 6.07. The zero-order valence-corrected chi connectivity index (χ0v) is 16.6. The van der Waals surface area contributed by atoms with Gasteiger partial charge in [-0.05, 0) is 30.2 Å². The second kappa shape index (κ2) is 8.63. The molecule has 0 bridgehead atoms. The molecule has 0 spiro atoms. The highest BCUT2D eigenvalue weighted by Crippen LogP contribution is 2.33. The molecule has 10 heteroatoms. The molecular weight excluding hydrogens is 421 g/mol. The van der Waals surface area contributed by atoms with E-state index in [-0.39, 0.29) is 18.3 Å². The number of anilines is 1. The van der Waals surface area contributed by atoms with Crippen molar-refractivity contribution in [3.05, 3.63) is 65.1 Å². The van der Waals surface area contributed by atoms with Crippen LogP contribution in [0.5, 0.6) is 0 Å². The third-order valence-corrected chi connectivity index (χ3v) is 4.99. The number of fused-ring (bicyclic) bond motifs is 1. The fourth-order valence-electron chi connectivity index (χ4n) is 3.45. The predicted molar refractivity (Wildman–Crippen MR) is 111 cm³/mol. The number of aromatic nitrogens is 3. The number of carbonyl (C=O) groups is 1. The second-order valence-corrected chi connectivity index (χ2v) is 7.24. The number of benzene rings is 1. The summed E-state index contributed by atoms with van der Waals surface area (Å²) in [6.45, 7) is 0. The van der Waals surface area contributed by atoms with Gasteiger partial charge in [0.1, 0.15) is 18.2 Å². The van der Waals surface area contributed by atoms with Crippen molar-refractivity contribution in [2.45, 2.75) is 31.5 Å². The van der Waals surface area contributed by atoms with E-state index >= 15 is 0 Å². The number of carbonyl (C=O) groups excluding carboxylic acids is 1. The zero-order chi connectivity index (χ0) is 22.7. The Morgan fingerprint density at radius 2 is 2.06 bits per heavy atom. The number of H-pyrrole nitrogens is 1. The summed E-state index contributed by atoms with van der Waals surface area (Å²) in [6.07, 6.45) is -1.01. The van der Waals surface area contributed by atoms with Crippen LogP contribution in [0.2, 0.25) is 0 Å². The highest BCUT2D eigenvalue weighted by atomic mass is 19.4. The standard InChI is InChI=1S/C22H17F3N6O/c23-22(24,25)15-4-1-3-13(9-15)10-16-7-6-14(12-27-16)20-30-19-17(5-2-8-32)28-18(11-26)29-21(19)31-20/h1,3-4,6-9,12,17H,2,5,10H2,(H,28,29)(H,30,31). The fraction of sp³-hybridized carbons (Fsp3) is 0.227. The monoisotopic (exact) mass is 438 g/mol. The summed E-state index contributed by atoms with van der Waals surface area (Å²) in [5, 5.41) is 12.0. The van der Waals surface area contributed by atoms with Crippen molar-refractivity contribution in [3.63, 3.8) is 0 Å². The number of aldehydes is 1. The van der Waals surface area contributed by atoms with Gasteiger partial charge >= 0.3 is 6.18 Å². The van der Waals surface area contributed by atoms with Gasteiger partial charge in [0.15, 0.2) is 5.82 Å². The van der Waals surface area contributed by atoms with Crippen LogP contribution in [0.25, 0.3) is 11.4 Å². The van der Waals surface area contributed by atoms with E-state index in [1.165, 1.54) is 6.07 Å². The van der Waals surface area contributed by atoms with Gasteiger partial charge in [0, 0.05) is 30.3 Å². The molecule has 7 nitrogen and oxygen atoms in total. The molecule has 1 aliphatic heterocycles. The van der Waals surface area contributed by atoms with Crippen molar-refractivity contribution in [3.8, 4) is 17.5 Å². The lowest BCUT2D eigenvalue weighted by Crippen LogP contribution is -2.19. The maximum absolute atomic E-state index is 12.9. The highest BCUT2D eigenvalue weighted by Gasteiger charge is 2.30.